The van der Waals surface area contributed by atoms with Crippen LogP contribution in [0.1, 0.15) is 45.1 Å². The van der Waals surface area contributed by atoms with Gasteiger partial charge >= 0.3 is 0 Å². The molecule has 1 aliphatic rings. The average molecular weight is 336 g/mol. The second-order valence-electron chi connectivity index (χ2n) is 6.50. The van der Waals surface area contributed by atoms with Gasteiger partial charge in [-0.2, -0.15) is 0 Å². The molecule has 2 aromatic heterocycles. The van der Waals surface area contributed by atoms with Gasteiger partial charge in [0.2, 0.25) is 11.8 Å². The number of amides is 1. The van der Waals surface area contributed by atoms with E-state index in [1.807, 2.05) is 47.7 Å². The van der Waals surface area contributed by atoms with Gasteiger partial charge in [-0.3, -0.25) is 4.79 Å². The van der Waals surface area contributed by atoms with Gasteiger partial charge < -0.3 is 13.9 Å². The van der Waals surface area contributed by atoms with Gasteiger partial charge in [-0.05, 0) is 30.2 Å². The summed E-state index contributed by atoms with van der Waals surface area (Å²) in [5, 5.41) is 8.13. The minimum Gasteiger partial charge on any atom is -0.423 e. The van der Waals surface area contributed by atoms with E-state index in [4.69, 9.17) is 4.42 Å². The van der Waals surface area contributed by atoms with E-state index in [1.165, 1.54) is 5.56 Å². The fraction of sp³-hybridized carbons (Fsp3) is 0.316. The lowest BCUT2D eigenvalue weighted by Gasteiger charge is -2.35. The summed E-state index contributed by atoms with van der Waals surface area (Å²) in [7, 11) is 1.91. The molecular formula is C19H20N4O2. The zero-order chi connectivity index (χ0) is 17.6. The van der Waals surface area contributed by atoms with E-state index in [2.05, 4.69) is 22.3 Å². The van der Waals surface area contributed by atoms with E-state index in [1.54, 1.807) is 6.92 Å². The Kier molecular flexibility index (Phi) is 3.67. The van der Waals surface area contributed by atoms with E-state index < -0.39 is 0 Å². The van der Waals surface area contributed by atoms with Crippen LogP contribution in [0.3, 0.4) is 0 Å². The Hall–Kier alpha value is -2.89. The average Bonchev–Trinajstić information content (AvgIpc) is 3.19. The number of aromatic nitrogens is 3. The van der Waals surface area contributed by atoms with E-state index >= 15 is 0 Å². The normalized spacial score (nSPS) is 16.8. The maximum atomic E-state index is 13.2. The molecule has 3 aromatic rings. The van der Waals surface area contributed by atoms with Crippen LogP contribution in [0.2, 0.25) is 0 Å². The molecule has 0 N–H and O–H groups in total. The van der Waals surface area contributed by atoms with Crippen LogP contribution in [-0.4, -0.2) is 25.6 Å². The first kappa shape index (κ1) is 15.6. The number of carbonyl (C=O) groups excluding carboxylic acids is 1. The summed E-state index contributed by atoms with van der Waals surface area (Å²) in [5.74, 6) is 0.980. The maximum Gasteiger partial charge on any atom is 0.271 e. The first-order chi connectivity index (χ1) is 12.0. The highest BCUT2D eigenvalue weighted by atomic mass is 16.4. The highest BCUT2D eigenvalue weighted by Crippen LogP contribution is 2.33. The number of hydrogen-bond acceptors (Lipinski definition) is 4. The Labute approximate surface area is 146 Å². The molecule has 1 atom stereocenters. The van der Waals surface area contributed by atoms with Crippen LogP contribution in [0.5, 0.6) is 0 Å². The monoisotopic (exact) mass is 336 g/mol. The summed E-state index contributed by atoms with van der Waals surface area (Å²) in [6, 6.07) is 11.8. The van der Waals surface area contributed by atoms with E-state index in [9.17, 15) is 4.79 Å². The highest BCUT2D eigenvalue weighted by molar-refractivity contribution is 5.93. The molecule has 0 spiro atoms. The molecule has 1 aromatic carbocycles. The molecule has 4 rings (SSSR count). The number of fused-ring (bicyclic) bond motifs is 1. The fourth-order valence-corrected chi connectivity index (χ4v) is 3.38. The van der Waals surface area contributed by atoms with Crippen LogP contribution >= 0.6 is 0 Å². The number of nitrogens with zero attached hydrogens (tertiary/aromatic N) is 4. The number of carbonyl (C=O) groups is 1. The van der Waals surface area contributed by atoms with Gasteiger partial charge in [-0.1, -0.05) is 24.3 Å². The zero-order valence-electron chi connectivity index (χ0n) is 14.6. The van der Waals surface area contributed by atoms with Crippen molar-refractivity contribution in [1.82, 2.24) is 19.7 Å². The maximum absolute atomic E-state index is 13.2. The van der Waals surface area contributed by atoms with Crippen molar-refractivity contribution in [1.29, 1.82) is 0 Å². The molecule has 0 aliphatic carbocycles. The van der Waals surface area contributed by atoms with Gasteiger partial charge in [0.15, 0.2) is 0 Å². The van der Waals surface area contributed by atoms with E-state index in [-0.39, 0.29) is 11.9 Å². The van der Waals surface area contributed by atoms with E-state index in [0.717, 1.165) is 11.3 Å². The van der Waals surface area contributed by atoms with Crippen LogP contribution < -0.4 is 0 Å². The van der Waals surface area contributed by atoms with Gasteiger partial charge in [0, 0.05) is 32.6 Å². The van der Waals surface area contributed by atoms with Gasteiger partial charge in [0.05, 0.1) is 0 Å². The Morgan fingerprint density at radius 2 is 1.88 bits per heavy atom. The van der Waals surface area contributed by atoms with Crippen molar-refractivity contribution in [3.05, 3.63) is 70.7 Å². The Bertz CT molecular complexity index is 941. The summed E-state index contributed by atoms with van der Waals surface area (Å²) in [6.07, 6.45) is 0.674. The zero-order valence-corrected chi connectivity index (χ0v) is 14.6. The first-order valence-electron chi connectivity index (χ1n) is 8.34. The standard InChI is InChI=1S/C19H20N4O2/c1-12-8-9-16(22(12)3)19(24)23-11-15-7-5-4-6-14(15)10-17(23)18-21-20-13(2)25-18/h4-9,17H,10-11H2,1-3H3/t17-/m1/s1. The molecule has 0 bridgehead atoms. The lowest BCUT2D eigenvalue weighted by molar-refractivity contribution is 0.0592. The predicted octanol–water partition coefficient (Wildman–Crippen LogP) is 2.96. The molecular weight excluding hydrogens is 316 g/mol. The molecule has 6 heteroatoms. The molecule has 1 aliphatic heterocycles. The van der Waals surface area contributed by atoms with Crippen molar-refractivity contribution < 1.29 is 9.21 Å². The fourth-order valence-electron chi connectivity index (χ4n) is 3.38. The SMILES string of the molecule is Cc1nnc([C@H]2Cc3ccccc3CN2C(=O)c2ccc(C)n2C)o1. The summed E-state index contributed by atoms with van der Waals surface area (Å²) in [4.78, 5) is 15.1. The molecule has 6 nitrogen and oxygen atoms in total. The van der Waals surface area contributed by atoms with Crippen LogP contribution in [0.25, 0.3) is 0 Å². The van der Waals surface area contributed by atoms with Crippen molar-refractivity contribution in [3.8, 4) is 0 Å². The predicted molar refractivity (Wildman–Crippen MR) is 91.9 cm³/mol. The summed E-state index contributed by atoms with van der Waals surface area (Å²) in [5.41, 5.74) is 4.09. The van der Waals surface area contributed by atoms with Crippen molar-refractivity contribution in [3.63, 3.8) is 0 Å². The second-order valence-corrected chi connectivity index (χ2v) is 6.50. The molecule has 0 unspecified atom stereocenters. The molecule has 1 amide bonds. The third-order valence-corrected chi connectivity index (χ3v) is 4.93. The quantitative estimate of drug-likeness (QED) is 0.722. The largest absolute Gasteiger partial charge is 0.423 e. The minimum atomic E-state index is -0.251. The molecule has 128 valence electrons. The van der Waals surface area contributed by atoms with Crippen molar-refractivity contribution in [2.45, 2.75) is 32.9 Å². The molecule has 0 radical (unpaired) electrons. The lowest BCUT2D eigenvalue weighted by atomic mass is 9.93. The molecule has 3 heterocycles. The minimum absolute atomic E-state index is 0.0223. The number of aryl methyl sites for hydroxylation is 2. The summed E-state index contributed by atoms with van der Waals surface area (Å²) >= 11 is 0. The Balaban J connectivity index is 1.77. The van der Waals surface area contributed by atoms with Crippen molar-refractivity contribution in [2.75, 3.05) is 0 Å². The van der Waals surface area contributed by atoms with Crippen LogP contribution in [0, 0.1) is 13.8 Å². The summed E-state index contributed by atoms with van der Waals surface area (Å²) in [6.45, 7) is 4.28. The number of hydrogen-bond donors (Lipinski definition) is 0. The van der Waals surface area contributed by atoms with Crippen molar-refractivity contribution in [2.24, 2.45) is 7.05 Å². The van der Waals surface area contributed by atoms with Gasteiger partial charge in [-0.15, -0.1) is 10.2 Å². The van der Waals surface area contributed by atoms with Crippen LogP contribution in [0.4, 0.5) is 0 Å². The molecule has 0 fully saturated rings. The Morgan fingerprint density at radius 1 is 1.12 bits per heavy atom. The lowest BCUT2D eigenvalue weighted by Crippen LogP contribution is -2.39. The number of rotatable bonds is 2. The first-order valence-corrected chi connectivity index (χ1v) is 8.34. The second kappa shape index (κ2) is 5.88. The van der Waals surface area contributed by atoms with Gasteiger partial charge in [0.1, 0.15) is 11.7 Å². The molecule has 25 heavy (non-hydrogen) atoms. The summed E-state index contributed by atoms with van der Waals surface area (Å²) < 4.78 is 7.58. The molecule has 0 saturated heterocycles. The topological polar surface area (TPSA) is 64.2 Å². The highest BCUT2D eigenvalue weighted by Gasteiger charge is 2.35. The smallest absolute Gasteiger partial charge is 0.271 e. The number of benzene rings is 1. The third-order valence-electron chi connectivity index (χ3n) is 4.93. The van der Waals surface area contributed by atoms with Gasteiger partial charge in [0.25, 0.3) is 5.91 Å². The van der Waals surface area contributed by atoms with Crippen LogP contribution in [0.15, 0.2) is 40.8 Å². The van der Waals surface area contributed by atoms with Crippen LogP contribution in [-0.2, 0) is 20.0 Å². The van der Waals surface area contributed by atoms with E-state index in [0.29, 0.717) is 30.4 Å². The van der Waals surface area contributed by atoms with Gasteiger partial charge in [-0.25, -0.2) is 0 Å². The van der Waals surface area contributed by atoms with Crippen molar-refractivity contribution >= 4 is 5.91 Å². The molecule has 0 saturated carbocycles. The third kappa shape index (κ3) is 2.63. The Morgan fingerprint density at radius 3 is 2.52 bits per heavy atom.